The third-order valence-electron chi connectivity index (χ3n) is 2.68. The number of nitrogens with one attached hydrogen (secondary N) is 1. The van der Waals surface area contributed by atoms with Crippen LogP contribution in [0, 0.1) is 0 Å². The van der Waals surface area contributed by atoms with Crippen molar-refractivity contribution in [3.8, 4) is 5.75 Å². The lowest BCUT2D eigenvalue weighted by Gasteiger charge is -2.17. The smallest absolute Gasteiger partial charge is 0.137 e. The normalized spacial score (nSPS) is 12.4. The van der Waals surface area contributed by atoms with E-state index in [0.29, 0.717) is 0 Å². The summed E-state index contributed by atoms with van der Waals surface area (Å²) in [6.07, 6.45) is 3.25. The average molecular weight is 232 g/mol. The van der Waals surface area contributed by atoms with Crippen molar-refractivity contribution >= 4 is 0 Å². The first-order chi connectivity index (χ1) is 8.33. The predicted molar refractivity (Wildman–Crippen MR) is 64.8 cm³/mol. The molecule has 1 atom stereocenters. The van der Waals surface area contributed by atoms with Crippen LogP contribution in [0.15, 0.2) is 36.9 Å². The molecule has 5 heteroatoms. The van der Waals surface area contributed by atoms with Crippen LogP contribution in [0.2, 0.25) is 0 Å². The van der Waals surface area contributed by atoms with Gasteiger partial charge in [-0.15, -0.1) is 0 Å². The van der Waals surface area contributed by atoms with Crippen molar-refractivity contribution in [2.75, 3.05) is 14.2 Å². The molecule has 17 heavy (non-hydrogen) atoms. The van der Waals surface area contributed by atoms with Gasteiger partial charge >= 0.3 is 0 Å². The second kappa shape index (κ2) is 5.45. The number of hydrogen-bond donors (Lipinski definition) is 1. The predicted octanol–water partition coefficient (Wildman–Crippen LogP) is 1.25. The molecule has 90 valence electrons. The molecule has 1 aromatic heterocycles. The van der Waals surface area contributed by atoms with Gasteiger partial charge in [-0.1, -0.05) is 12.1 Å². The van der Waals surface area contributed by atoms with E-state index in [1.165, 1.54) is 11.9 Å². The molecular formula is C12H16N4O. The van der Waals surface area contributed by atoms with Gasteiger partial charge in [-0.2, -0.15) is 5.10 Å². The minimum atomic E-state index is 0.187. The third-order valence-corrected chi connectivity index (χ3v) is 2.68. The number of rotatable bonds is 5. The van der Waals surface area contributed by atoms with Crippen LogP contribution in [-0.4, -0.2) is 28.9 Å². The molecule has 0 saturated carbocycles. The van der Waals surface area contributed by atoms with Crippen LogP contribution in [-0.2, 0) is 6.54 Å². The summed E-state index contributed by atoms with van der Waals surface area (Å²) in [5.41, 5.74) is 1.17. The van der Waals surface area contributed by atoms with Gasteiger partial charge in [0.1, 0.15) is 18.4 Å². The molecule has 0 fully saturated rings. The zero-order valence-electron chi connectivity index (χ0n) is 10.00. The highest BCUT2D eigenvalue weighted by molar-refractivity contribution is 5.30. The maximum absolute atomic E-state index is 5.22. The first-order valence-corrected chi connectivity index (χ1v) is 5.47. The topological polar surface area (TPSA) is 52.0 Å². The van der Waals surface area contributed by atoms with Crippen molar-refractivity contribution in [1.29, 1.82) is 0 Å². The minimum Gasteiger partial charge on any atom is -0.497 e. The summed E-state index contributed by atoms with van der Waals surface area (Å²) in [5, 5.41) is 7.37. The van der Waals surface area contributed by atoms with E-state index < -0.39 is 0 Å². The van der Waals surface area contributed by atoms with Gasteiger partial charge in [0.05, 0.1) is 19.7 Å². The second-order valence-corrected chi connectivity index (χ2v) is 3.74. The quantitative estimate of drug-likeness (QED) is 0.843. The highest BCUT2D eigenvalue weighted by Gasteiger charge is 2.10. The van der Waals surface area contributed by atoms with Gasteiger partial charge in [-0.25, -0.2) is 4.98 Å². The zero-order chi connectivity index (χ0) is 12.1. The molecule has 0 aliphatic carbocycles. The van der Waals surface area contributed by atoms with Gasteiger partial charge in [-0.05, 0) is 24.7 Å². The summed E-state index contributed by atoms with van der Waals surface area (Å²) in [4.78, 5) is 3.94. The summed E-state index contributed by atoms with van der Waals surface area (Å²) in [6, 6.07) is 8.20. The molecule has 1 unspecified atom stereocenters. The number of aromatic nitrogens is 3. The summed E-state index contributed by atoms with van der Waals surface area (Å²) < 4.78 is 7.03. The van der Waals surface area contributed by atoms with Crippen LogP contribution in [0.25, 0.3) is 0 Å². The number of methoxy groups -OCH3 is 1. The lowest BCUT2D eigenvalue weighted by atomic mass is 10.1. The second-order valence-electron chi connectivity index (χ2n) is 3.74. The average Bonchev–Trinajstić information content (AvgIpc) is 2.89. The molecule has 0 aliphatic heterocycles. The van der Waals surface area contributed by atoms with Gasteiger partial charge in [0.15, 0.2) is 0 Å². The van der Waals surface area contributed by atoms with Crippen LogP contribution < -0.4 is 10.1 Å². The summed E-state index contributed by atoms with van der Waals surface area (Å²) in [7, 11) is 3.60. The van der Waals surface area contributed by atoms with Gasteiger partial charge in [0.2, 0.25) is 0 Å². The number of hydrogen-bond acceptors (Lipinski definition) is 4. The van der Waals surface area contributed by atoms with Gasteiger partial charge in [0, 0.05) is 0 Å². The highest BCUT2D eigenvalue weighted by atomic mass is 16.5. The molecular weight excluding hydrogens is 216 g/mol. The minimum absolute atomic E-state index is 0.187. The van der Waals surface area contributed by atoms with Crippen molar-refractivity contribution < 1.29 is 4.74 Å². The lowest BCUT2D eigenvalue weighted by molar-refractivity contribution is 0.411. The maximum atomic E-state index is 5.22. The van der Waals surface area contributed by atoms with Crippen LogP contribution in [0.4, 0.5) is 0 Å². The Hall–Kier alpha value is -1.88. The summed E-state index contributed by atoms with van der Waals surface area (Å²) in [5.74, 6) is 0.862. The van der Waals surface area contributed by atoms with Gasteiger partial charge in [0.25, 0.3) is 0 Å². The standard InChI is InChI=1S/C12H16N4O/c1-13-12(7-16-9-14-8-15-16)10-4-3-5-11(6-10)17-2/h3-6,8-9,12-13H,7H2,1-2H3. The van der Waals surface area contributed by atoms with E-state index in [-0.39, 0.29) is 6.04 Å². The number of benzene rings is 1. The molecule has 2 aromatic rings. The molecule has 1 aromatic carbocycles. The highest BCUT2D eigenvalue weighted by Crippen LogP contribution is 2.19. The third kappa shape index (κ3) is 2.82. The Morgan fingerprint density at radius 2 is 2.35 bits per heavy atom. The lowest BCUT2D eigenvalue weighted by Crippen LogP contribution is -2.22. The van der Waals surface area contributed by atoms with Crippen molar-refractivity contribution in [2.24, 2.45) is 0 Å². The Bertz CT molecular complexity index is 455. The van der Waals surface area contributed by atoms with Crippen molar-refractivity contribution in [3.05, 3.63) is 42.5 Å². The molecule has 0 saturated heterocycles. The maximum Gasteiger partial charge on any atom is 0.137 e. The fourth-order valence-electron chi connectivity index (χ4n) is 1.74. The molecule has 0 spiro atoms. The molecule has 0 amide bonds. The largest absolute Gasteiger partial charge is 0.497 e. The Balaban J connectivity index is 2.16. The van der Waals surface area contributed by atoms with E-state index in [1.807, 2.05) is 25.2 Å². The molecule has 1 N–H and O–H groups in total. The van der Waals surface area contributed by atoms with Crippen molar-refractivity contribution in [3.63, 3.8) is 0 Å². The summed E-state index contributed by atoms with van der Waals surface area (Å²) >= 11 is 0. The van der Waals surface area contributed by atoms with Crippen LogP contribution in [0.1, 0.15) is 11.6 Å². The first-order valence-electron chi connectivity index (χ1n) is 5.47. The van der Waals surface area contributed by atoms with Crippen LogP contribution >= 0.6 is 0 Å². The van der Waals surface area contributed by atoms with E-state index >= 15 is 0 Å². The van der Waals surface area contributed by atoms with E-state index in [0.717, 1.165) is 12.3 Å². The number of ether oxygens (including phenoxy) is 1. The molecule has 2 rings (SSSR count). The van der Waals surface area contributed by atoms with E-state index in [2.05, 4.69) is 21.5 Å². The fraction of sp³-hybridized carbons (Fsp3) is 0.333. The summed E-state index contributed by atoms with van der Waals surface area (Å²) in [6.45, 7) is 0.740. The van der Waals surface area contributed by atoms with Crippen molar-refractivity contribution in [2.45, 2.75) is 12.6 Å². The van der Waals surface area contributed by atoms with Gasteiger partial charge in [-0.3, -0.25) is 4.68 Å². The number of likely N-dealkylation sites (N-methyl/N-ethyl adjacent to an activating group) is 1. The molecule has 0 radical (unpaired) electrons. The fourth-order valence-corrected chi connectivity index (χ4v) is 1.74. The molecule has 1 heterocycles. The Kier molecular flexibility index (Phi) is 3.72. The number of nitrogens with zero attached hydrogens (tertiary/aromatic N) is 3. The Morgan fingerprint density at radius 1 is 1.47 bits per heavy atom. The Morgan fingerprint density at radius 3 is 3.00 bits per heavy atom. The molecule has 5 nitrogen and oxygen atoms in total. The first kappa shape index (κ1) is 11.6. The van der Waals surface area contributed by atoms with Crippen molar-refractivity contribution in [1.82, 2.24) is 20.1 Å². The van der Waals surface area contributed by atoms with Crippen LogP contribution in [0.5, 0.6) is 5.75 Å². The van der Waals surface area contributed by atoms with E-state index in [4.69, 9.17) is 4.74 Å². The van der Waals surface area contributed by atoms with E-state index in [1.54, 1.807) is 18.1 Å². The zero-order valence-corrected chi connectivity index (χ0v) is 10.00. The van der Waals surface area contributed by atoms with Crippen LogP contribution in [0.3, 0.4) is 0 Å². The monoisotopic (exact) mass is 232 g/mol. The van der Waals surface area contributed by atoms with Gasteiger partial charge < -0.3 is 10.1 Å². The molecule has 0 aliphatic rings. The Labute approximate surface area is 100 Å². The SMILES string of the molecule is CNC(Cn1cncn1)c1cccc(OC)c1. The molecule has 0 bridgehead atoms. The van der Waals surface area contributed by atoms with E-state index in [9.17, 15) is 0 Å².